The number of carbonyl (C=O) groups is 2. The van der Waals surface area contributed by atoms with E-state index in [9.17, 15) is 9.59 Å². The quantitative estimate of drug-likeness (QED) is 0.770. The van der Waals surface area contributed by atoms with Crippen LogP contribution in [0.15, 0.2) is 29.6 Å². The molecule has 1 atom stereocenters. The first kappa shape index (κ1) is 19.5. The van der Waals surface area contributed by atoms with Crippen molar-refractivity contribution >= 4 is 28.3 Å². The summed E-state index contributed by atoms with van der Waals surface area (Å²) in [6, 6.07) is 8.14. The highest BCUT2D eigenvalue weighted by molar-refractivity contribution is 7.14. The van der Waals surface area contributed by atoms with Crippen LogP contribution in [0.25, 0.3) is 11.3 Å². The molecule has 0 saturated carbocycles. The van der Waals surface area contributed by atoms with Gasteiger partial charge < -0.3 is 10.1 Å². The van der Waals surface area contributed by atoms with E-state index in [4.69, 9.17) is 4.74 Å². The van der Waals surface area contributed by atoms with Gasteiger partial charge in [0, 0.05) is 17.5 Å². The van der Waals surface area contributed by atoms with E-state index < -0.39 is 0 Å². The summed E-state index contributed by atoms with van der Waals surface area (Å²) in [7, 11) is 0. The SMILES string of the molecule is CCOC(=O)[C@H]1CCCN(CC(=O)Nc2nc(-c3ccc(C)cc3)cs2)C1. The topological polar surface area (TPSA) is 71.5 Å². The van der Waals surface area contributed by atoms with Crippen molar-refractivity contribution in [2.75, 3.05) is 31.6 Å². The van der Waals surface area contributed by atoms with E-state index in [1.54, 1.807) is 0 Å². The van der Waals surface area contributed by atoms with Gasteiger partial charge in [0.1, 0.15) is 0 Å². The summed E-state index contributed by atoms with van der Waals surface area (Å²) < 4.78 is 5.11. The van der Waals surface area contributed by atoms with Crippen LogP contribution in [-0.2, 0) is 14.3 Å². The monoisotopic (exact) mass is 387 g/mol. The third kappa shape index (κ3) is 5.37. The van der Waals surface area contributed by atoms with Crippen molar-refractivity contribution in [2.45, 2.75) is 26.7 Å². The first-order valence-electron chi connectivity index (χ1n) is 9.26. The number of anilines is 1. The van der Waals surface area contributed by atoms with E-state index in [0.717, 1.165) is 30.6 Å². The molecule has 1 aromatic carbocycles. The van der Waals surface area contributed by atoms with Gasteiger partial charge in [-0.05, 0) is 33.2 Å². The molecule has 1 aliphatic heterocycles. The van der Waals surface area contributed by atoms with E-state index in [2.05, 4.69) is 10.3 Å². The Labute approximate surface area is 163 Å². The number of carbonyl (C=O) groups excluding carboxylic acids is 2. The third-order valence-electron chi connectivity index (χ3n) is 4.59. The number of thiazole rings is 1. The maximum absolute atomic E-state index is 12.4. The van der Waals surface area contributed by atoms with Gasteiger partial charge in [-0.2, -0.15) is 0 Å². The molecule has 1 aromatic heterocycles. The summed E-state index contributed by atoms with van der Waals surface area (Å²) in [6.07, 6.45) is 1.72. The van der Waals surface area contributed by atoms with Gasteiger partial charge in [0.05, 0.1) is 24.8 Å². The Bertz CT molecular complexity index is 788. The Morgan fingerprint density at radius 3 is 2.85 bits per heavy atom. The number of esters is 1. The van der Waals surface area contributed by atoms with E-state index >= 15 is 0 Å². The second-order valence-electron chi connectivity index (χ2n) is 6.78. The molecule has 0 spiro atoms. The molecule has 2 heterocycles. The van der Waals surface area contributed by atoms with E-state index in [1.165, 1.54) is 16.9 Å². The minimum absolute atomic E-state index is 0.107. The zero-order chi connectivity index (χ0) is 19.2. The lowest BCUT2D eigenvalue weighted by Crippen LogP contribution is -2.43. The number of benzene rings is 1. The lowest BCUT2D eigenvalue weighted by atomic mass is 9.98. The smallest absolute Gasteiger partial charge is 0.310 e. The lowest BCUT2D eigenvalue weighted by Gasteiger charge is -2.30. The van der Waals surface area contributed by atoms with Crippen molar-refractivity contribution in [1.82, 2.24) is 9.88 Å². The average Bonchev–Trinajstić information content (AvgIpc) is 3.11. The Balaban J connectivity index is 1.53. The number of nitrogens with zero attached hydrogens (tertiary/aromatic N) is 2. The Morgan fingerprint density at radius 1 is 1.33 bits per heavy atom. The molecule has 3 rings (SSSR count). The second-order valence-corrected chi connectivity index (χ2v) is 7.64. The summed E-state index contributed by atoms with van der Waals surface area (Å²) >= 11 is 1.42. The van der Waals surface area contributed by atoms with Gasteiger partial charge in [-0.15, -0.1) is 11.3 Å². The lowest BCUT2D eigenvalue weighted by molar-refractivity contribution is -0.150. The normalized spacial score (nSPS) is 17.5. The van der Waals surface area contributed by atoms with Crippen LogP contribution in [0.5, 0.6) is 0 Å². The molecule has 1 aliphatic rings. The molecule has 0 aliphatic carbocycles. The highest BCUT2D eigenvalue weighted by atomic mass is 32.1. The van der Waals surface area contributed by atoms with Crippen molar-refractivity contribution in [3.05, 3.63) is 35.2 Å². The van der Waals surface area contributed by atoms with Crippen molar-refractivity contribution in [1.29, 1.82) is 0 Å². The van der Waals surface area contributed by atoms with Gasteiger partial charge in [-0.25, -0.2) is 4.98 Å². The molecular weight excluding hydrogens is 362 g/mol. The summed E-state index contributed by atoms with van der Waals surface area (Å²) in [6.45, 7) is 5.89. The number of aromatic nitrogens is 1. The summed E-state index contributed by atoms with van der Waals surface area (Å²) in [5.41, 5.74) is 3.09. The van der Waals surface area contributed by atoms with Crippen LogP contribution in [0.4, 0.5) is 5.13 Å². The molecule has 7 heteroatoms. The van der Waals surface area contributed by atoms with Crippen LogP contribution in [-0.4, -0.2) is 48.0 Å². The Hall–Kier alpha value is -2.25. The Kier molecular flexibility index (Phi) is 6.58. The standard InChI is InChI=1S/C20H25N3O3S/c1-3-26-19(25)16-5-4-10-23(11-16)12-18(24)22-20-21-17(13-27-20)15-8-6-14(2)7-9-15/h6-9,13,16H,3-5,10-12H2,1-2H3,(H,21,22,24)/t16-/m0/s1. The highest BCUT2D eigenvalue weighted by Crippen LogP contribution is 2.25. The first-order chi connectivity index (χ1) is 13.0. The molecule has 1 saturated heterocycles. The summed E-state index contributed by atoms with van der Waals surface area (Å²) in [5.74, 6) is -0.408. The fraction of sp³-hybridized carbons (Fsp3) is 0.450. The molecule has 0 radical (unpaired) electrons. The van der Waals surface area contributed by atoms with E-state index in [-0.39, 0.29) is 24.3 Å². The molecule has 0 bridgehead atoms. The van der Waals surface area contributed by atoms with Gasteiger partial charge in [0.25, 0.3) is 0 Å². The third-order valence-corrected chi connectivity index (χ3v) is 5.35. The number of aryl methyl sites for hydroxylation is 1. The Morgan fingerprint density at radius 2 is 2.11 bits per heavy atom. The molecular formula is C20H25N3O3S. The van der Waals surface area contributed by atoms with E-state index in [0.29, 0.717) is 18.3 Å². The van der Waals surface area contributed by atoms with Crippen molar-refractivity contribution in [2.24, 2.45) is 5.92 Å². The summed E-state index contributed by atoms with van der Waals surface area (Å²) in [5, 5.41) is 5.41. The molecule has 1 fully saturated rings. The number of rotatable bonds is 6. The second kappa shape index (κ2) is 9.10. The largest absolute Gasteiger partial charge is 0.466 e. The highest BCUT2D eigenvalue weighted by Gasteiger charge is 2.27. The first-order valence-corrected chi connectivity index (χ1v) is 10.1. The molecule has 1 amide bonds. The minimum atomic E-state index is -0.162. The van der Waals surface area contributed by atoms with Crippen LogP contribution >= 0.6 is 11.3 Å². The van der Waals surface area contributed by atoms with Crippen LogP contribution < -0.4 is 5.32 Å². The van der Waals surface area contributed by atoms with Crippen LogP contribution in [0.2, 0.25) is 0 Å². The predicted octanol–water partition coefficient (Wildman–Crippen LogP) is 3.33. The fourth-order valence-electron chi connectivity index (χ4n) is 3.20. The zero-order valence-electron chi connectivity index (χ0n) is 15.7. The number of hydrogen-bond donors (Lipinski definition) is 1. The van der Waals surface area contributed by atoms with Crippen LogP contribution in [0, 0.1) is 12.8 Å². The molecule has 27 heavy (non-hydrogen) atoms. The predicted molar refractivity (Wildman–Crippen MR) is 107 cm³/mol. The molecule has 6 nitrogen and oxygen atoms in total. The number of amides is 1. The number of nitrogens with one attached hydrogen (secondary N) is 1. The van der Waals surface area contributed by atoms with Gasteiger partial charge in [0.15, 0.2) is 5.13 Å². The number of piperidine rings is 1. The number of likely N-dealkylation sites (tertiary alicyclic amines) is 1. The average molecular weight is 388 g/mol. The van der Waals surface area contributed by atoms with Crippen molar-refractivity contribution < 1.29 is 14.3 Å². The fourth-order valence-corrected chi connectivity index (χ4v) is 3.94. The zero-order valence-corrected chi connectivity index (χ0v) is 16.6. The van der Waals surface area contributed by atoms with Crippen molar-refractivity contribution in [3.8, 4) is 11.3 Å². The number of ether oxygens (including phenoxy) is 1. The molecule has 1 N–H and O–H groups in total. The van der Waals surface area contributed by atoms with Gasteiger partial charge in [0.2, 0.25) is 5.91 Å². The van der Waals surface area contributed by atoms with Gasteiger partial charge in [-0.3, -0.25) is 14.5 Å². The van der Waals surface area contributed by atoms with Crippen molar-refractivity contribution in [3.63, 3.8) is 0 Å². The maximum atomic E-state index is 12.4. The van der Waals surface area contributed by atoms with E-state index in [1.807, 2.05) is 48.4 Å². The van der Waals surface area contributed by atoms with Crippen LogP contribution in [0.3, 0.4) is 0 Å². The number of hydrogen-bond acceptors (Lipinski definition) is 6. The minimum Gasteiger partial charge on any atom is -0.466 e. The molecule has 2 aromatic rings. The molecule has 144 valence electrons. The van der Waals surface area contributed by atoms with Gasteiger partial charge >= 0.3 is 5.97 Å². The molecule has 0 unspecified atom stereocenters. The maximum Gasteiger partial charge on any atom is 0.310 e. The summed E-state index contributed by atoms with van der Waals surface area (Å²) in [4.78, 5) is 30.8. The van der Waals surface area contributed by atoms with Crippen LogP contribution in [0.1, 0.15) is 25.3 Å². The van der Waals surface area contributed by atoms with Gasteiger partial charge in [-0.1, -0.05) is 29.8 Å².